The molecule has 1 aromatic rings. The lowest BCUT2D eigenvalue weighted by Crippen LogP contribution is -2.65. The van der Waals surface area contributed by atoms with Crippen LogP contribution in [0.3, 0.4) is 0 Å². The fourth-order valence-corrected chi connectivity index (χ4v) is 4.98. The summed E-state index contributed by atoms with van der Waals surface area (Å²) in [5.41, 5.74) is -1.37. The number of aliphatic imine (C=N–C) groups is 1. The van der Waals surface area contributed by atoms with Crippen molar-refractivity contribution in [2.24, 2.45) is 10.4 Å². The van der Waals surface area contributed by atoms with Gasteiger partial charge in [-0.2, -0.15) is 0 Å². The highest BCUT2D eigenvalue weighted by Crippen LogP contribution is 2.47. The summed E-state index contributed by atoms with van der Waals surface area (Å²) in [6, 6.07) is 3.73. The Balaban J connectivity index is 1.67. The lowest BCUT2D eigenvalue weighted by atomic mass is 9.69. The molecule has 12 heteroatoms. The Bertz CT molecular complexity index is 1140. The molecule has 11 nitrogen and oxygen atoms in total. The number of fused-ring (bicyclic) bond motifs is 2. The third-order valence-corrected chi connectivity index (χ3v) is 7.21. The SMILES string of the molecule is CN(C)C(=O)C(=O)NC12CCC(CO)(CC1)CN1C(=O)C(=O)C(C(=O)NCc3ccc(F)cc3)N=C12. The second kappa shape index (κ2) is 9.41. The van der Waals surface area contributed by atoms with Crippen molar-refractivity contribution in [2.45, 2.75) is 43.8 Å². The second-order valence-electron chi connectivity index (χ2n) is 9.85. The van der Waals surface area contributed by atoms with E-state index in [4.69, 9.17) is 0 Å². The van der Waals surface area contributed by atoms with E-state index in [0.29, 0.717) is 18.4 Å². The molecule has 3 heterocycles. The highest BCUT2D eigenvalue weighted by Gasteiger charge is 2.57. The summed E-state index contributed by atoms with van der Waals surface area (Å²) in [5.74, 6) is -4.90. The predicted octanol–water partition coefficient (Wildman–Crippen LogP) is -0.870. The maximum Gasteiger partial charge on any atom is 0.311 e. The number of hydrogen-bond acceptors (Lipinski definition) is 7. The van der Waals surface area contributed by atoms with Gasteiger partial charge in [0.15, 0.2) is 6.04 Å². The maximum absolute atomic E-state index is 13.2. The molecule has 4 amide bonds. The van der Waals surface area contributed by atoms with Crippen LogP contribution in [0.4, 0.5) is 4.39 Å². The quantitative estimate of drug-likeness (QED) is 0.353. The van der Waals surface area contributed by atoms with Crippen LogP contribution in [0.1, 0.15) is 31.2 Å². The summed E-state index contributed by atoms with van der Waals surface area (Å²) in [6.07, 6.45) is 1.36. The first-order chi connectivity index (χ1) is 17.0. The first-order valence-corrected chi connectivity index (χ1v) is 11.6. The van der Waals surface area contributed by atoms with Crippen molar-refractivity contribution < 1.29 is 33.5 Å². The summed E-state index contributed by atoms with van der Waals surface area (Å²) >= 11 is 0. The minimum atomic E-state index is -1.68. The number of nitrogens with zero attached hydrogens (tertiary/aromatic N) is 3. The van der Waals surface area contributed by atoms with Crippen LogP contribution in [-0.2, 0) is 30.5 Å². The van der Waals surface area contributed by atoms with Crippen LogP contribution < -0.4 is 10.6 Å². The van der Waals surface area contributed by atoms with E-state index < -0.39 is 52.2 Å². The standard InChI is InChI=1S/C24H28FN5O6/c1-29(2)21(36)19(34)28-24-9-7-23(13-31,8-10-24)12-30-20(35)17(32)16(27-22(24)30)18(33)26-11-14-3-5-15(25)6-4-14/h3-6,16,31H,7-13H2,1-2H3,(H,26,33)(H,28,34). The van der Waals surface area contributed by atoms with Crippen LogP contribution in [0.2, 0.25) is 0 Å². The zero-order chi connectivity index (χ0) is 26.3. The molecule has 36 heavy (non-hydrogen) atoms. The van der Waals surface area contributed by atoms with E-state index in [1.54, 1.807) is 0 Å². The van der Waals surface area contributed by atoms with Gasteiger partial charge in [-0.1, -0.05) is 12.1 Å². The first-order valence-electron chi connectivity index (χ1n) is 11.6. The van der Waals surface area contributed by atoms with Gasteiger partial charge < -0.3 is 20.6 Å². The summed E-state index contributed by atoms with van der Waals surface area (Å²) in [4.78, 5) is 70.7. The Labute approximate surface area is 206 Å². The third kappa shape index (κ3) is 4.48. The highest BCUT2D eigenvalue weighted by atomic mass is 19.1. The fraction of sp³-hybridized carbons (Fsp3) is 0.500. The number of aliphatic hydroxyl groups excluding tert-OH is 1. The average Bonchev–Trinajstić information content (AvgIpc) is 3.08. The number of halogens is 1. The van der Waals surface area contributed by atoms with Gasteiger partial charge in [-0.05, 0) is 43.4 Å². The number of amides is 4. The number of Topliss-reactive ketones (excluding diaryl/α,β-unsaturated/α-hetero) is 1. The zero-order valence-corrected chi connectivity index (χ0v) is 20.0. The van der Waals surface area contributed by atoms with Crippen LogP contribution in [-0.4, -0.2) is 89.0 Å². The molecule has 3 N–H and O–H groups in total. The van der Waals surface area contributed by atoms with Crippen molar-refractivity contribution in [3.8, 4) is 0 Å². The molecule has 3 aliphatic heterocycles. The number of likely N-dealkylation sites (N-methyl/N-ethyl adjacent to an activating group) is 1. The number of nitrogens with one attached hydrogen (secondary N) is 2. The van der Waals surface area contributed by atoms with Crippen molar-refractivity contribution in [3.63, 3.8) is 0 Å². The monoisotopic (exact) mass is 501 g/mol. The van der Waals surface area contributed by atoms with Crippen molar-refractivity contribution in [2.75, 3.05) is 27.2 Å². The van der Waals surface area contributed by atoms with Crippen LogP contribution in [0.5, 0.6) is 0 Å². The maximum atomic E-state index is 13.2. The molecular formula is C24H28FN5O6. The molecule has 192 valence electrons. The van der Waals surface area contributed by atoms with E-state index >= 15 is 0 Å². The molecule has 1 aliphatic carbocycles. The number of hydrogen-bond donors (Lipinski definition) is 3. The van der Waals surface area contributed by atoms with Crippen molar-refractivity contribution >= 4 is 35.2 Å². The normalized spacial score (nSPS) is 27.1. The number of carbonyl (C=O) groups is 5. The Kier molecular flexibility index (Phi) is 6.65. The molecular weight excluding hydrogens is 473 g/mol. The van der Waals surface area contributed by atoms with Crippen molar-refractivity contribution in [1.29, 1.82) is 0 Å². The van der Waals surface area contributed by atoms with Crippen LogP contribution in [0, 0.1) is 11.2 Å². The number of carbonyl (C=O) groups excluding carboxylic acids is 5. The molecule has 1 aromatic carbocycles. The van der Waals surface area contributed by atoms with Gasteiger partial charge in [-0.25, -0.2) is 9.38 Å². The van der Waals surface area contributed by atoms with Gasteiger partial charge in [0.2, 0.25) is 0 Å². The topological polar surface area (TPSA) is 148 Å². The molecule has 1 saturated carbocycles. The van der Waals surface area contributed by atoms with Crippen molar-refractivity contribution in [3.05, 3.63) is 35.6 Å². The Morgan fingerprint density at radius 1 is 1.14 bits per heavy atom. The van der Waals surface area contributed by atoms with E-state index in [1.807, 2.05) is 0 Å². The number of ketones is 1. The number of aliphatic hydroxyl groups is 1. The number of benzene rings is 1. The number of amidine groups is 1. The summed E-state index contributed by atoms with van der Waals surface area (Å²) in [5, 5.41) is 15.4. The van der Waals surface area contributed by atoms with E-state index in [0.717, 1.165) is 9.80 Å². The Morgan fingerprint density at radius 2 is 1.78 bits per heavy atom. The van der Waals surface area contributed by atoms with Gasteiger partial charge in [0.25, 0.3) is 17.6 Å². The van der Waals surface area contributed by atoms with E-state index in [1.165, 1.54) is 38.4 Å². The Morgan fingerprint density at radius 3 is 2.36 bits per heavy atom. The van der Waals surface area contributed by atoms with Gasteiger partial charge >= 0.3 is 11.8 Å². The van der Waals surface area contributed by atoms with Gasteiger partial charge in [0.05, 0.1) is 12.1 Å². The zero-order valence-electron chi connectivity index (χ0n) is 20.0. The first kappa shape index (κ1) is 25.4. The van der Waals surface area contributed by atoms with Crippen molar-refractivity contribution in [1.82, 2.24) is 20.4 Å². The molecule has 1 unspecified atom stereocenters. The van der Waals surface area contributed by atoms with Crippen LogP contribution in [0.15, 0.2) is 29.3 Å². The lowest BCUT2D eigenvalue weighted by Gasteiger charge is -2.42. The average molecular weight is 502 g/mol. The van der Waals surface area contributed by atoms with Crippen LogP contribution >= 0.6 is 0 Å². The predicted molar refractivity (Wildman–Crippen MR) is 124 cm³/mol. The largest absolute Gasteiger partial charge is 0.396 e. The third-order valence-electron chi connectivity index (χ3n) is 7.21. The molecule has 1 atom stereocenters. The van der Waals surface area contributed by atoms with E-state index in [-0.39, 0.29) is 38.4 Å². The number of rotatable bonds is 5. The van der Waals surface area contributed by atoms with Crippen LogP contribution in [0.25, 0.3) is 0 Å². The van der Waals surface area contributed by atoms with E-state index in [2.05, 4.69) is 15.6 Å². The molecule has 0 radical (unpaired) electrons. The summed E-state index contributed by atoms with van der Waals surface area (Å²) < 4.78 is 13.1. The molecule has 5 rings (SSSR count). The molecule has 4 aliphatic rings. The lowest BCUT2D eigenvalue weighted by molar-refractivity contribution is -0.146. The molecule has 0 spiro atoms. The summed E-state index contributed by atoms with van der Waals surface area (Å²) in [7, 11) is 2.86. The molecule has 3 fully saturated rings. The molecule has 0 aromatic heterocycles. The highest BCUT2D eigenvalue weighted by molar-refractivity contribution is 6.46. The van der Waals surface area contributed by atoms with Gasteiger partial charge in [0, 0.05) is 32.6 Å². The minimum absolute atomic E-state index is 0.00999. The van der Waals surface area contributed by atoms with E-state index in [9.17, 15) is 33.5 Å². The second-order valence-corrected chi connectivity index (χ2v) is 9.85. The smallest absolute Gasteiger partial charge is 0.311 e. The fourth-order valence-electron chi connectivity index (χ4n) is 4.98. The Hall–Kier alpha value is -3.67. The summed E-state index contributed by atoms with van der Waals surface area (Å²) in [6.45, 7) is -0.241. The van der Waals surface area contributed by atoms with Gasteiger partial charge in [-0.15, -0.1) is 0 Å². The van der Waals surface area contributed by atoms with Gasteiger partial charge in [-0.3, -0.25) is 28.9 Å². The van der Waals surface area contributed by atoms with Gasteiger partial charge in [0.1, 0.15) is 11.7 Å². The molecule has 2 saturated heterocycles. The minimum Gasteiger partial charge on any atom is -0.396 e. The molecule has 2 bridgehead atoms.